The molecule has 8 nitrogen and oxygen atoms in total. The molecule has 0 aliphatic carbocycles. The summed E-state index contributed by atoms with van der Waals surface area (Å²) >= 11 is 0. The first-order valence-electron chi connectivity index (χ1n) is 11.1. The quantitative estimate of drug-likeness (QED) is 0.318. The first kappa shape index (κ1) is 26.6. The molecule has 0 heterocycles. The first-order valence-corrected chi connectivity index (χ1v) is 11.1. The van der Waals surface area contributed by atoms with Crippen molar-refractivity contribution < 1.29 is 40.0 Å². The van der Waals surface area contributed by atoms with Gasteiger partial charge in [0.15, 0.2) is 34.6 Å². The number of carbonyl (C=O) groups excluding carboxylic acids is 2. The monoisotopic (exact) mass is 470 g/mol. The fourth-order valence-electron chi connectivity index (χ4n) is 2.96. The molecule has 0 radical (unpaired) electrons. The highest BCUT2D eigenvalue weighted by Crippen LogP contribution is 2.29. The van der Waals surface area contributed by atoms with Gasteiger partial charge in [0.25, 0.3) is 0 Å². The number of methoxy groups -OCH3 is 2. The molecule has 2 aromatic rings. The Morgan fingerprint density at radius 2 is 1.18 bits per heavy atom. The molecule has 0 aliphatic heterocycles. The number of carbonyl (C=O) groups is 2. The minimum absolute atomic E-state index is 0.291. The maximum Gasteiger partial charge on any atom is 0.166 e. The highest BCUT2D eigenvalue weighted by molar-refractivity contribution is 6.13. The van der Waals surface area contributed by atoms with Gasteiger partial charge in [-0.05, 0) is 54.5 Å². The summed E-state index contributed by atoms with van der Waals surface area (Å²) in [7, 11) is 3.11. The van der Waals surface area contributed by atoms with Crippen molar-refractivity contribution in [1.82, 2.24) is 0 Å². The van der Waals surface area contributed by atoms with Crippen molar-refractivity contribution in [2.24, 2.45) is 5.92 Å². The SMILES string of the molecule is COc1cc(/C=C/C(=O)C(C)C(=O)/C=C/c2ccc(OCC[NH3+])c(OC)c2)ccc1OCC[NH3+]. The van der Waals surface area contributed by atoms with Crippen LogP contribution >= 0.6 is 0 Å². The number of quaternary nitrogens is 2. The van der Waals surface area contributed by atoms with Crippen LogP contribution in [0.1, 0.15) is 18.1 Å². The van der Waals surface area contributed by atoms with Gasteiger partial charge < -0.3 is 30.4 Å². The standard InChI is InChI=1S/C26H32N2O6/c1-18(21(29)8-4-19-6-10-23(33-14-12-27)25(16-19)31-2)22(30)9-5-20-7-11-24(34-15-13-28)26(17-20)32-3/h4-11,16-18H,12-15,27-28H2,1-3H3/p+2/b8-4+,9-5+. The van der Waals surface area contributed by atoms with Gasteiger partial charge in [-0.2, -0.15) is 0 Å². The van der Waals surface area contributed by atoms with Crippen LogP contribution in [0.5, 0.6) is 23.0 Å². The van der Waals surface area contributed by atoms with Gasteiger partial charge in [-0.3, -0.25) is 9.59 Å². The van der Waals surface area contributed by atoms with Gasteiger partial charge in [-0.1, -0.05) is 24.3 Å². The van der Waals surface area contributed by atoms with Gasteiger partial charge in [0.1, 0.15) is 26.3 Å². The Balaban J connectivity index is 2.03. The zero-order chi connectivity index (χ0) is 24.9. The summed E-state index contributed by atoms with van der Waals surface area (Å²) in [4.78, 5) is 25.1. The second kappa shape index (κ2) is 13.8. The molecule has 0 bridgehead atoms. The van der Waals surface area contributed by atoms with Crippen LogP contribution in [0, 0.1) is 5.92 Å². The summed E-state index contributed by atoms with van der Waals surface area (Å²) in [6, 6.07) is 10.7. The lowest BCUT2D eigenvalue weighted by Gasteiger charge is -2.10. The van der Waals surface area contributed by atoms with Gasteiger partial charge in [0, 0.05) is 0 Å². The van der Waals surface area contributed by atoms with E-state index in [1.54, 1.807) is 57.6 Å². The summed E-state index contributed by atoms with van der Waals surface area (Å²) in [6.45, 7) is 3.84. The molecule has 0 fully saturated rings. The number of benzene rings is 2. The Bertz CT molecular complexity index is 950. The lowest BCUT2D eigenvalue weighted by molar-refractivity contribution is -0.371. The van der Waals surface area contributed by atoms with Crippen LogP contribution in [0.2, 0.25) is 0 Å². The molecular formula is C26H34N2O6+2. The highest BCUT2D eigenvalue weighted by atomic mass is 16.5. The Kier molecular flexibility index (Phi) is 10.8. The molecular weight excluding hydrogens is 436 g/mol. The third-order valence-corrected chi connectivity index (χ3v) is 4.91. The van der Waals surface area contributed by atoms with E-state index in [9.17, 15) is 9.59 Å². The van der Waals surface area contributed by atoms with E-state index in [1.165, 1.54) is 12.2 Å². The zero-order valence-corrected chi connectivity index (χ0v) is 20.0. The van der Waals surface area contributed by atoms with Crippen LogP contribution in [0.25, 0.3) is 12.2 Å². The van der Waals surface area contributed by atoms with Crippen LogP contribution in [0.15, 0.2) is 48.6 Å². The Morgan fingerprint density at radius 1 is 0.765 bits per heavy atom. The van der Waals surface area contributed by atoms with Crippen molar-refractivity contribution in [2.45, 2.75) is 6.92 Å². The van der Waals surface area contributed by atoms with Crippen molar-refractivity contribution >= 4 is 23.7 Å². The average Bonchev–Trinajstić information content (AvgIpc) is 2.87. The number of allylic oxidation sites excluding steroid dienone is 2. The molecule has 0 atom stereocenters. The Morgan fingerprint density at radius 3 is 1.53 bits per heavy atom. The normalized spacial score (nSPS) is 11.2. The molecule has 0 saturated carbocycles. The van der Waals surface area contributed by atoms with Gasteiger partial charge in [0.05, 0.1) is 20.1 Å². The predicted molar refractivity (Wildman–Crippen MR) is 130 cm³/mol. The van der Waals surface area contributed by atoms with E-state index in [0.717, 1.165) is 11.1 Å². The van der Waals surface area contributed by atoms with Gasteiger partial charge in [0.2, 0.25) is 0 Å². The third kappa shape index (κ3) is 7.75. The zero-order valence-electron chi connectivity index (χ0n) is 20.0. The Hall–Kier alpha value is -3.62. The summed E-state index contributed by atoms with van der Waals surface area (Å²) in [5, 5.41) is 0. The highest BCUT2D eigenvalue weighted by Gasteiger charge is 2.17. The van der Waals surface area contributed by atoms with Crippen molar-refractivity contribution in [3.8, 4) is 23.0 Å². The number of rotatable bonds is 14. The number of ether oxygens (including phenoxy) is 4. The molecule has 0 amide bonds. The number of hydrogen-bond acceptors (Lipinski definition) is 6. The summed E-state index contributed by atoms with van der Waals surface area (Å²) < 4.78 is 21.9. The number of hydrogen-bond donors (Lipinski definition) is 2. The molecule has 34 heavy (non-hydrogen) atoms. The molecule has 6 N–H and O–H groups in total. The smallest absolute Gasteiger partial charge is 0.166 e. The van der Waals surface area contributed by atoms with E-state index in [1.807, 2.05) is 12.1 Å². The van der Waals surface area contributed by atoms with Crippen LogP contribution in [-0.4, -0.2) is 52.1 Å². The molecule has 0 aromatic heterocycles. The van der Waals surface area contributed by atoms with Crippen LogP contribution in [-0.2, 0) is 9.59 Å². The first-order chi connectivity index (χ1) is 16.4. The van der Waals surface area contributed by atoms with Gasteiger partial charge >= 0.3 is 0 Å². The van der Waals surface area contributed by atoms with E-state index < -0.39 is 5.92 Å². The van der Waals surface area contributed by atoms with Crippen molar-refractivity contribution in [2.75, 3.05) is 40.5 Å². The molecule has 182 valence electrons. The third-order valence-electron chi connectivity index (χ3n) is 4.91. The Labute approximate surface area is 200 Å². The minimum Gasteiger partial charge on any atom is -0.493 e. The molecule has 0 spiro atoms. The molecule has 8 heteroatoms. The van der Waals surface area contributed by atoms with Crippen LogP contribution < -0.4 is 30.4 Å². The minimum atomic E-state index is -0.810. The maximum absolute atomic E-state index is 12.5. The second-order valence-electron chi connectivity index (χ2n) is 7.42. The van der Waals surface area contributed by atoms with Crippen molar-refractivity contribution in [3.05, 3.63) is 59.7 Å². The lowest BCUT2D eigenvalue weighted by atomic mass is 9.99. The van der Waals surface area contributed by atoms with Crippen molar-refractivity contribution in [3.63, 3.8) is 0 Å². The van der Waals surface area contributed by atoms with Crippen molar-refractivity contribution in [1.29, 1.82) is 0 Å². The largest absolute Gasteiger partial charge is 0.493 e. The van der Waals surface area contributed by atoms with E-state index in [0.29, 0.717) is 49.3 Å². The fraction of sp³-hybridized carbons (Fsp3) is 0.308. The predicted octanol–water partition coefficient (Wildman–Crippen LogP) is 1.45. The van der Waals surface area contributed by atoms with E-state index in [-0.39, 0.29) is 11.6 Å². The lowest BCUT2D eigenvalue weighted by Crippen LogP contribution is -2.52. The van der Waals surface area contributed by atoms with E-state index in [2.05, 4.69) is 11.5 Å². The fourth-order valence-corrected chi connectivity index (χ4v) is 2.96. The molecule has 0 saturated heterocycles. The molecule has 0 unspecified atom stereocenters. The summed E-state index contributed by atoms with van der Waals surface area (Å²) in [5.74, 6) is 0.960. The van der Waals surface area contributed by atoms with Crippen LogP contribution in [0.3, 0.4) is 0 Å². The van der Waals surface area contributed by atoms with Gasteiger partial charge in [-0.15, -0.1) is 0 Å². The maximum atomic E-state index is 12.5. The second-order valence-corrected chi connectivity index (χ2v) is 7.42. The molecule has 2 rings (SSSR count). The van der Waals surface area contributed by atoms with E-state index in [4.69, 9.17) is 18.9 Å². The topological polar surface area (TPSA) is 126 Å². The van der Waals surface area contributed by atoms with Crippen LogP contribution in [0.4, 0.5) is 0 Å². The van der Waals surface area contributed by atoms with E-state index >= 15 is 0 Å². The molecule has 0 aliphatic rings. The summed E-state index contributed by atoms with van der Waals surface area (Å²) in [6.07, 6.45) is 6.11. The summed E-state index contributed by atoms with van der Waals surface area (Å²) in [5.41, 5.74) is 9.01. The number of ketones is 2. The average molecular weight is 471 g/mol. The van der Waals surface area contributed by atoms with Gasteiger partial charge in [-0.25, -0.2) is 0 Å². The molecule has 2 aromatic carbocycles.